The Morgan fingerprint density at radius 2 is 1.94 bits per heavy atom. The predicted octanol–water partition coefficient (Wildman–Crippen LogP) is 0.990. The summed E-state index contributed by atoms with van der Waals surface area (Å²) in [5.41, 5.74) is 1.06. The van der Waals surface area contributed by atoms with Crippen LogP contribution in [0.5, 0.6) is 0 Å². The van der Waals surface area contributed by atoms with Crippen molar-refractivity contribution in [2.75, 3.05) is 0 Å². The molecule has 0 amide bonds. The van der Waals surface area contributed by atoms with Crippen LogP contribution in [-0.2, 0) is 7.05 Å². The van der Waals surface area contributed by atoms with Gasteiger partial charge < -0.3 is 0 Å². The molecule has 0 bridgehead atoms. The summed E-state index contributed by atoms with van der Waals surface area (Å²) < 4.78 is 1.61. The number of tetrazole rings is 1. The molecular formula is C11H13N7. The first-order chi connectivity index (χ1) is 8.77. The zero-order valence-electron chi connectivity index (χ0n) is 10.1. The van der Waals surface area contributed by atoms with Crippen LogP contribution in [0.4, 0.5) is 0 Å². The van der Waals surface area contributed by atoms with Crippen LogP contribution in [0.1, 0.15) is 5.82 Å². The minimum Gasteiger partial charge on any atom is -0.259 e. The van der Waals surface area contributed by atoms with Crippen molar-refractivity contribution in [2.24, 2.45) is 7.05 Å². The highest BCUT2D eigenvalue weighted by Gasteiger charge is 1.95. The number of aryl methyl sites for hydroxylation is 2. The Bertz CT molecular complexity index is 554. The normalized spacial score (nSPS) is 9.67. The third kappa shape index (κ3) is 2.97. The van der Waals surface area contributed by atoms with Crippen molar-refractivity contribution in [3.8, 4) is 11.4 Å². The van der Waals surface area contributed by atoms with Crippen LogP contribution in [0.25, 0.3) is 11.4 Å². The summed E-state index contributed by atoms with van der Waals surface area (Å²) in [4.78, 5) is 4.02. The molecule has 0 aliphatic rings. The topological polar surface area (TPSA) is 85.2 Å². The van der Waals surface area contributed by atoms with Crippen LogP contribution < -0.4 is 0 Å². The Balaban J connectivity index is 0.000000149. The number of aromatic amines is 1. The number of nitrogens with zero attached hydrogens (tertiary/aromatic N) is 6. The zero-order valence-corrected chi connectivity index (χ0v) is 10.1. The van der Waals surface area contributed by atoms with Gasteiger partial charge in [0.05, 0.1) is 0 Å². The lowest BCUT2D eigenvalue weighted by Crippen LogP contribution is -1.92. The second kappa shape index (κ2) is 5.67. The van der Waals surface area contributed by atoms with E-state index in [0.717, 1.165) is 17.2 Å². The number of nitrogens with one attached hydrogen (secondary N) is 1. The van der Waals surface area contributed by atoms with Gasteiger partial charge in [0.25, 0.3) is 0 Å². The maximum absolute atomic E-state index is 4.02. The Labute approximate surface area is 104 Å². The van der Waals surface area contributed by atoms with Crippen molar-refractivity contribution in [2.45, 2.75) is 6.92 Å². The zero-order chi connectivity index (χ0) is 12.8. The highest BCUT2D eigenvalue weighted by Crippen LogP contribution is 2.10. The Hall–Kier alpha value is -2.57. The fourth-order valence-electron chi connectivity index (χ4n) is 1.21. The van der Waals surface area contributed by atoms with Crippen LogP contribution in [0, 0.1) is 6.92 Å². The van der Waals surface area contributed by atoms with Gasteiger partial charge in [0.1, 0.15) is 12.2 Å². The standard InChI is InChI=1S/C8H7N3.C3H6N4/c1-2-4-7(5-3-1)8-9-6-10-11-8;1-3-4-5-6-7(3)2/h1-6H,(H,9,10,11);1-2H3. The van der Waals surface area contributed by atoms with Gasteiger partial charge in [-0.2, -0.15) is 5.10 Å². The molecule has 0 saturated heterocycles. The molecule has 3 aromatic rings. The van der Waals surface area contributed by atoms with Gasteiger partial charge in [-0.1, -0.05) is 30.3 Å². The van der Waals surface area contributed by atoms with Gasteiger partial charge in [0.15, 0.2) is 5.82 Å². The first kappa shape index (κ1) is 11.9. The number of H-pyrrole nitrogens is 1. The fourth-order valence-corrected chi connectivity index (χ4v) is 1.21. The minimum atomic E-state index is 0.811. The van der Waals surface area contributed by atoms with E-state index < -0.39 is 0 Å². The van der Waals surface area contributed by atoms with Crippen LogP contribution in [0.2, 0.25) is 0 Å². The molecule has 7 heteroatoms. The first-order valence-electron chi connectivity index (χ1n) is 5.37. The monoisotopic (exact) mass is 243 g/mol. The quantitative estimate of drug-likeness (QED) is 0.689. The molecule has 1 aromatic carbocycles. The van der Waals surface area contributed by atoms with E-state index in [1.807, 2.05) is 37.3 Å². The van der Waals surface area contributed by atoms with Crippen molar-refractivity contribution in [1.29, 1.82) is 0 Å². The molecular weight excluding hydrogens is 230 g/mol. The molecule has 0 aliphatic carbocycles. The molecule has 0 aliphatic heterocycles. The van der Waals surface area contributed by atoms with Gasteiger partial charge >= 0.3 is 0 Å². The number of benzene rings is 1. The average Bonchev–Trinajstić information content (AvgIpc) is 3.05. The molecule has 0 saturated carbocycles. The molecule has 0 radical (unpaired) electrons. The van der Waals surface area contributed by atoms with E-state index in [1.165, 1.54) is 6.33 Å². The molecule has 0 fully saturated rings. The summed E-state index contributed by atoms with van der Waals surface area (Å²) in [5.74, 6) is 1.64. The van der Waals surface area contributed by atoms with E-state index in [2.05, 4.69) is 30.7 Å². The molecule has 2 aromatic heterocycles. The third-order valence-corrected chi connectivity index (χ3v) is 2.29. The van der Waals surface area contributed by atoms with Gasteiger partial charge in [-0.3, -0.25) is 5.10 Å². The van der Waals surface area contributed by atoms with Gasteiger partial charge in [-0.25, -0.2) is 9.67 Å². The highest BCUT2D eigenvalue weighted by molar-refractivity contribution is 5.53. The summed E-state index contributed by atoms with van der Waals surface area (Å²) in [7, 11) is 1.80. The van der Waals surface area contributed by atoms with Crippen molar-refractivity contribution in [3.63, 3.8) is 0 Å². The van der Waals surface area contributed by atoms with E-state index in [0.29, 0.717) is 0 Å². The maximum atomic E-state index is 4.02. The SMILES string of the molecule is Cc1nnnn1C.c1ccc(-c2ncn[nH]2)cc1. The highest BCUT2D eigenvalue weighted by atomic mass is 15.5. The predicted molar refractivity (Wildman–Crippen MR) is 65.4 cm³/mol. The van der Waals surface area contributed by atoms with Crippen LogP contribution >= 0.6 is 0 Å². The van der Waals surface area contributed by atoms with Crippen LogP contribution in [0.15, 0.2) is 36.7 Å². The van der Waals surface area contributed by atoms with Crippen molar-refractivity contribution in [1.82, 2.24) is 35.4 Å². The maximum Gasteiger partial charge on any atom is 0.155 e. The lowest BCUT2D eigenvalue weighted by Gasteiger charge is -1.91. The molecule has 3 rings (SSSR count). The van der Waals surface area contributed by atoms with Gasteiger partial charge in [0, 0.05) is 12.6 Å². The van der Waals surface area contributed by atoms with Gasteiger partial charge in [-0.05, 0) is 17.4 Å². The third-order valence-electron chi connectivity index (χ3n) is 2.29. The van der Waals surface area contributed by atoms with Crippen molar-refractivity contribution < 1.29 is 0 Å². The lowest BCUT2D eigenvalue weighted by molar-refractivity contribution is 0.695. The summed E-state index contributed by atoms with van der Waals surface area (Å²) in [6, 6.07) is 9.89. The Morgan fingerprint density at radius 3 is 2.39 bits per heavy atom. The first-order valence-corrected chi connectivity index (χ1v) is 5.37. The molecule has 0 atom stereocenters. The Kier molecular flexibility index (Phi) is 3.75. The van der Waals surface area contributed by atoms with E-state index in [1.54, 1.807) is 11.7 Å². The fraction of sp³-hybridized carbons (Fsp3) is 0.182. The molecule has 18 heavy (non-hydrogen) atoms. The Morgan fingerprint density at radius 1 is 1.17 bits per heavy atom. The molecule has 0 spiro atoms. The van der Waals surface area contributed by atoms with E-state index >= 15 is 0 Å². The van der Waals surface area contributed by atoms with Crippen LogP contribution in [-0.4, -0.2) is 35.4 Å². The number of rotatable bonds is 1. The largest absolute Gasteiger partial charge is 0.259 e. The number of hydrogen-bond donors (Lipinski definition) is 1. The van der Waals surface area contributed by atoms with E-state index in [9.17, 15) is 0 Å². The average molecular weight is 243 g/mol. The smallest absolute Gasteiger partial charge is 0.155 e. The lowest BCUT2D eigenvalue weighted by atomic mass is 10.2. The van der Waals surface area contributed by atoms with Crippen molar-refractivity contribution >= 4 is 0 Å². The van der Waals surface area contributed by atoms with Gasteiger partial charge in [-0.15, -0.1) is 5.10 Å². The van der Waals surface area contributed by atoms with E-state index in [4.69, 9.17) is 0 Å². The summed E-state index contributed by atoms with van der Waals surface area (Å²) in [6.45, 7) is 1.85. The molecule has 7 nitrogen and oxygen atoms in total. The number of hydrogen-bond acceptors (Lipinski definition) is 5. The number of aromatic nitrogens is 7. The van der Waals surface area contributed by atoms with Crippen LogP contribution in [0.3, 0.4) is 0 Å². The second-order valence-electron chi connectivity index (χ2n) is 3.55. The van der Waals surface area contributed by atoms with E-state index in [-0.39, 0.29) is 0 Å². The molecule has 92 valence electrons. The molecule has 1 N–H and O–H groups in total. The molecule has 2 heterocycles. The molecule has 0 unspecified atom stereocenters. The van der Waals surface area contributed by atoms with Gasteiger partial charge in [0.2, 0.25) is 0 Å². The summed E-state index contributed by atoms with van der Waals surface area (Å²) in [5, 5.41) is 17.1. The minimum absolute atomic E-state index is 0.811. The summed E-state index contributed by atoms with van der Waals surface area (Å²) in [6.07, 6.45) is 1.50. The second-order valence-corrected chi connectivity index (χ2v) is 3.55. The summed E-state index contributed by atoms with van der Waals surface area (Å²) >= 11 is 0. The van der Waals surface area contributed by atoms with Crippen molar-refractivity contribution in [3.05, 3.63) is 42.5 Å².